The lowest BCUT2D eigenvalue weighted by molar-refractivity contribution is 0.567. The van der Waals surface area contributed by atoms with E-state index in [-0.39, 0.29) is 16.5 Å². The molecule has 0 amide bonds. The number of benzene rings is 1. The predicted octanol–water partition coefficient (Wildman–Crippen LogP) is 4.23. The van der Waals surface area contributed by atoms with Gasteiger partial charge in [-0.15, -0.1) is 0 Å². The molecule has 18 heavy (non-hydrogen) atoms. The van der Waals surface area contributed by atoms with Crippen molar-refractivity contribution in [2.45, 2.75) is 26.2 Å². The molecule has 4 heteroatoms. The zero-order chi connectivity index (χ0) is 13.3. The molecule has 0 saturated carbocycles. The highest BCUT2D eigenvalue weighted by atomic mass is 35.5. The molecule has 2 rings (SSSR count). The lowest BCUT2D eigenvalue weighted by Crippen LogP contribution is -2.14. The molecule has 0 bridgehead atoms. The highest BCUT2D eigenvalue weighted by Crippen LogP contribution is 2.27. The Balaban J connectivity index is 2.60. The van der Waals surface area contributed by atoms with Crippen molar-refractivity contribution >= 4 is 11.6 Å². The van der Waals surface area contributed by atoms with Crippen LogP contribution in [0.1, 0.15) is 26.5 Å². The summed E-state index contributed by atoms with van der Waals surface area (Å²) in [5, 5.41) is 0.140. The Morgan fingerprint density at radius 1 is 1.11 bits per heavy atom. The SMILES string of the molecule is CC(C)(C)c1cc(-c2ccccc2F)nc(Cl)n1. The van der Waals surface area contributed by atoms with Crippen LogP contribution in [0, 0.1) is 5.82 Å². The molecule has 0 unspecified atom stereocenters. The first kappa shape index (κ1) is 13.0. The summed E-state index contributed by atoms with van der Waals surface area (Å²) in [6, 6.07) is 8.28. The molecule has 0 N–H and O–H groups in total. The second-order valence-electron chi connectivity index (χ2n) is 5.14. The van der Waals surface area contributed by atoms with Crippen LogP contribution in [0.3, 0.4) is 0 Å². The molecular weight excluding hydrogens is 251 g/mol. The molecule has 0 fully saturated rings. The van der Waals surface area contributed by atoms with Crippen molar-refractivity contribution in [2.75, 3.05) is 0 Å². The van der Waals surface area contributed by atoms with Crippen LogP contribution in [0.25, 0.3) is 11.3 Å². The average Bonchev–Trinajstić information content (AvgIpc) is 2.27. The first-order valence-electron chi connectivity index (χ1n) is 5.68. The second-order valence-corrected chi connectivity index (χ2v) is 5.48. The zero-order valence-corrected chi connectivity index (χ0v) is 11.3. The lowest BCUT2D eigenvalue weighted by Gasteiger charge is -2.18. The maximum atomic E-state index is 13.7. The van der Waals surface area contributed by atoms with Gasteiger partial charge in [0.1, 0.15) is 5.82 Å². The van der Waals surface area contributed by atoms with Crippen LogP contribution in [-0.4, -0.2) is 9.97 Å². The smallest absolute Gasteiger partial charge is 0.222 e. The second kappa shape index (κ2) is 4.65. The maximum Gasteiger partial charge on any atom is 0.223 e. The minimum atomic E-state index is -0.313. The number of nitrogens with zero attached hydrogens (tertiary/aromatic N) is 2. The fraction of sp³-hybridized carbons (Fsp3) is 0.286. The van der Waals surface area contributed by atoms with Gasteiger partial charge in [-0.05, 0) is 29.8 Å². The van der Waals surface area contributed by atoms with Crippen molar-refractivity contribution in [3.8, 4) is 11.3 Å². The van der Waals surface area contributed by atoms with Crippen molar-refractivity contribution in [3.63, 3.8) is 0 Å². The van der Waals surface area contributed by atoms with Crippen LogP contribution in [-0.2, 0) is 5.41 Å². The highest BCUT2D eigenvalue weighted by Gasteiger charge is 2.18. The van der Waals surface area contributed by atoms with Crippen LogP contribution in [0.2, 0.25) is 5.28 Å². The first-order valence-corrected chi connectivity index (χ1v) is 6.06. The summed E-state index contributed by atoms with van der Waals surface area (Å²) in [7, 11) is 0. The molecule has 0 aliphatic rings. The average molecular weight is 265 g/mol. The topological polar surface area (TPSA) is 25.8 Å². The highest BCUT2D eigenvalue weighted by molar-refractivity contribution is 6.28. The van der Waals surface area contributed by atoms with Crippen molar-refractivity contribution < 1.29 is 4.39 Å². The van der Waals surface area contributed by atoms with E-state index in [4.69, 9.17) is 11.6 Å². The standard InChI is InChI=1S/C14H14ClFN2/c1-14(2,3)12-8-11(17-13(15)18-12)9-6-4-5-7-10(9)16/h4-8H,1-3H3. The predicted molar refractivity (Wildman–Crippen MR) is 71.1 cm³/mol. The van der Waals surface area contributed by atoms with E-state index in [0.717, 1.165) is 5.69 Å². The van der Waals surface area contributed by atoms with Gasteiger partial charge in [0.25, 0.3) is 0 Å². The molecular formula is C14H14ClFN2. The van der Waals surface area contributed by atoms with Gasteiger partial charge in [0.2, 0.25) is 5.28 Å². The third-order valence-electron chi connectivity index (χ3n) is 2.62. The van der Waals surface area contributed by atoms with Gasteiger partial charge < -0.3 is 0 Å². The van der Waals surface area contributed by atoms with Crippen molar-refractivity contribution in [1.29, 1.82) is 0 Å². The van der Waals surface area contributed by atoms with Crippen LogP contribution in [0.5, 0.6) is 0 Å². The minimum Gasteiger partial charge on any atom is -0.222 e. The molecule has 1 aromatic carbocycles. The lowest BCUT2D eigenvalue weighted by atomic mass is 9.91. The number of hydrogen-bond acceptors (Lipinski definition) is 2. The summed E-state index contributed by atoms with van der Waals surface area (Å²) in [6.07, 6.45) is 0. The molecule has 0 spiro atoms. The summed E-state index contributed by atoms with van der Waals surface area (Å²) >= 11 is 5.91. The number of aromatic nitrogens is 2. The van der Waals surface area contributed by atoms with Gasteiger partial charge >= 0.3 is 0 Å². The molecule has 1 heterocycles. The summed E-state index contributed by atoms with van der Waals surface area (Å²) < 4.78 is 13.7. The Bertz CT molecular complexity index is 576. The van der Waals surface area contributed by atoms with E-state index < -0.39 is 0 Å². The maximum absolute atomic E-state index is 13.7. The van der Waals surface area contributed by atoms with E-state index >= 15 is 0 Å². The van der Waals surface area contributed by atoms with E-state index in [1.54, 1.807) is 24.3 Å². The molecule has 94 valence electrons. The quantitative estimate of drug-likeness (QED) is 0.720. The van der Waals surface area contributed by atoms with Crippen LogP contribution >= 0.6 is 11.6 Å². The van der Waals surface area contributed by atoms with E-state index in [2.05, 4.69) is 9.97 Å². The van der Waals surface area contributed by atoms with Crippen LogP contribution in [0.4, 0.5) is 4.39 Å². The third-order valence-corrected chi connectivity index (χ3v) is 2.79. The zero-order valence-electron chi connectivity index (χ0n) is 10.5. The molecule has 0 radical (unpaired) electrons. The van der Waals surface area contributed by atoms with Crippen LogP contribution in [0.15, 0.2) is 30.3 Å². The Kier molecular flexibility index (Phi) is 3.35. The van der Waals surface area contributed by atoms with Gasteiger partial charge in [-0.3, -0.25) is 0 Å². The Morgan fingerprint density at radius 3 is 2.39 bits per heavy atom. The monoisotopic (exact) mass is 264 g/mol. The van der Waals surface area contributed by atoms with E-state index in [0.29, 0.717) is 11.3 Å². The van der Waals surface area contributed by atoms with E-state index in [9.17, 15) is 4.39 Å². The Labute approximate surface area is 111 Å². The van der Waals surface area contributed by atoms with Crippen LogP contribution < -0.4 is 0 Å². The third kappa shape index (κ3) is 2.67. The minimum absolute atomic E-state index is 0.140. The van der Waals surface area contributed by atoms with Crippen molar-refractivity contribution in [1.82, 2.24) is 9.97 Å². The molecule has 0 saturated heterocycles. The molecule has 0 aliphatic carbocycles. The normalized spacial score (nSPS) is 11.6. The van der Waals surface area contributed by atoms with Crippen molar-refractivity contribution in [3.05, 3.63) is 47.1 Å². The molecule has 0 aliphatic heterocycles. The van der Waals surface area contributed by atoms with E-state index in [1.165, 1.54) is 6.07 Å². The number of halogens is 2. The fourth-order valence-corrected chi connectivity index (χ4v) is 1.79. The number of hydrogen-bond donors (Lipinski definition) is 0. The van der Waals surface area contributed by atoms with Gasteiger partial charge in [0.05, 0.1) is 11.4 Å². The van der Waals surface area contributed by atoms with E-state index in [1.807, 2.05) is 20.8 Å². The summed E-state index contributed by atoms with van der Waals surface area (Å²) in [5.41, 5.74) is 1.58. The van der Waals surface area contributed by atoms with Gasteiger partial charge in [-0.1, -0.05) is 32.9 Å². The van der Waals surface area contributed by atoms with Crippen molar-refractivity contribution in [2.24, 2.45) is 0 Å². The molecule has 2 nitrogen and oxygen atoms in total. The Morgan fingerprint density at radius 2 is 1.78 bits per heavy atom. The van der Waals surface area contributed by atoms with Gasteiger partial charge in [-0.25, -0.2) is 14.4 Å². The fourth-order valence-electron chi connectivity index (χ4n) is 1.61. The molecule has 1 aromatic heterocycles. The van der Waals surface area contributed by atoms with Gasteiger partial charge in [0, 0.05) is 11.0 Å². The first-order chi connectivity index (χ1) is 8.38. The summed E-state index contributed by atoms with van der Waals surface area (Å²) in [4.78, 5) is 8.28. The molecule has 2 aromatic rings. The number of rotatable bonds is 1. The van der Waals surface area contributed by atoms with Gasteiger partial charge in [0.15, 0.2) is 0 Å². The molecule has 0 atom stereocenters. The van der Waals surface area contributed by atoms with Gasteiger partial charge in [-0.2, -0.15) is 0 Å². The Hall–Kier alpha value is -1.48. The summed E-state index contributed by atoms with van der Waals surface area (Å²) in [6.45, 7) is 6.07. The summed E-state index contributed by atoms with van der Waals surface area (Å²) in [5.74, 6) is -0.313. The largest absolute Gasteiger partial charge is 0.223 e.